The maximum atomic E-state index is 12.5. The van der Waals surface area contributed by atoms with Crippen LogP contribution >= 0.6 is 11.3 Å². The van der Waals surface area contributed by atoms with Gasteiger partial charge in [0, 0.05) is 16.8 Å². The van der Waals surface area contributed by atoms with E-state index >= 15 is 0 Å². The van der Waals surface area contributed by atoms with Crippen LogP contribution in [0.1, 0.15) is 10.4 Å². The summed E-state index contributed by atoms with van der Waals surface area (Å²) in [6.45, 7) is 1.80. The van der Waals surface area contributed by atoms with Crippen LogP contribution in [-0.4, -0.2) is 10.6 Å². The Labute approximate surface area is 116 Å². The number of benzene rings is 1. The fraction of sp³-hybridized carbons (Fsp3) is 0.167. The number of carbonyl (C=O) groups excluding carboxylic acids is 1. The lowest BCUT2D eigenvalue weighted by atomic mass is 10.2. The largest absolute Gasteiger partial charge is 0.416 e. The predicted octanol–water partition coefficient (Wildman–Crippen LogP) is 2.85. The zero-order valence-corrected chi connectivity index (χ0v) is 11.1. The molecule has 106 valence electrons. The molecule has 0 atom stereocenters. The molecule has 4 nitrogen and oxygen atoms in total. The van der Waals surface area contributed by atoms with Gasteiger partial charge in [-0.3, -0.25) is 4.57 Å². The van der Waals surface area contributed by atoms with E-state index < -0.39 is 17.8 Å². The van der Waals surface area contributed by atoms with Crippen molar-refractivity contribution in [1.82, 2.24) is 4.57 Å². The van der Waals surface area contributed by atoms with Gasteiger partial charge in [-0.1, -0.05) is 0 Å². The van der Waals surface area contributed by atoms with Gasteiger partial charge < -0.3 is 5.73 Å². The number of nitrogens with zero attached hydrogens (tertiary/aromatic N) is 2. The highest BCUT2D eigenvalue weighted by Crippen LogP contribution is 2.29. The maximum absolute atomic E-state index is 12.5. The number of aryl methyl sites for hydroxylation is 1. The van der Waals surface area contributed by atoms with E-state index in [0.717, 1.165) is 17.0 Å². The number of alkyl halides is 3. The van der Waals surface area contributed by atoms with Gasteiger partial charge in [0.25, 0.3) is 0 Å². The Hall–Kier alpha value is -2.09. The van der Waals surface area contributed by atoms with Gasteiger partial charge in [-0.2, -0.15) is 18.2 Å². The van der Waals surface area contributed by atoms with E-state index in [1.807, 2.05) is 0 Å². The summed E-state index contributed by atoms with van der Waals surface area (Å²) in [5, 5.41) is 0. The standard InChI is InChI=1S/C12H10F3N3OS/c1-7-6-18(11(20-7)17-10(16)19)9-4-2-8(3-5-9)12(13,14)15/h2-6H,1H3,(H2,16,19). The Bertz CT molecular complexity index is 698. The first-order chi connectivity index (χ1) is 9.27. The van der Waals surface area contributed by atoms with Crippen LogP contribution in [0, 0.1) is 6.92 Å². The fourth-order valence-electron chi connectivity index (χ4n) is 1.62. The minimum Gasteiger partial charge on any atom is -0.350 e. The van der Waals surface area contributed by atoms with Gasteiger partial charge >= 0.3 is 12.2 Å². The second kappa shape index (κ2) is 5.12. The van der Waals surface area contributed by atoms with E-state index in [9.17, 15) is 18.0 Å². The van der Waals surface area contributed by atoms with E-state index in [1.165, 1.54) is 28.0 Å². The number of hydrogen-bond acceptors (Lipinski definition) is 2. The topological polar surface area (TPSA) is 60.4 Å². The molecular formula is C12H10F3N3OS. The van der Waals surface area contributed by atoms with E-state index in [2.05, 4.69) is 4.99 Å². The molecule has 2 rings (SSSR count). The zero-order valence-electron chi connectivity index (χ0n) is 10.3. The van der Waals surface area contributed by atoms with E-state index in [4.69, 9.17) is 5.73 Å². The first kappa shape index (κ1) is 14.3. The van der Waals surface area contributed by atoms with Crippen molar-refractivity contribution in [2.75, 3.05) is 0 Å². The zero-order chi connectivity index (χ0) is 14.9. The molecule has 0 aliphatic carbocycles. The molecule has 0 aliphatic rings. The third-order valence-electron chi connectivity index (χ3n) is 2.45. The number of aromatic nitrogens is 1. The Morgan fingerprint density at radius 2 is 1.90 bits per heavy atom. The summed E-state index contributed by atoms with van der Waals surface area (Å²) in [7, 11) is 0. The smallest absolute Gasteiger partial charge is 0.350 e. The molecule has 0 radical (unpaired) electrons. The molecule has 0 fully saturated rings. The monoisotopic (exact) mass is 301 g/mol. The molecule has 20 heavy (non-hydrogen) atoms. The second-order valence-electron chi connectivity index (χ2n) is 3.99. The highest BCUT2D eigenvalue weighted by atomic mass is 32.1. The maximum Gasteiger partial charge on any atom is 0.416 e. The molecule has 0 aliphatic heterocycles. The van der Waals surface area contributed by atoms with Gasteiger partial charge in [0.15, 0.2) is 4.80 Å². The van der Waals surface area contributed by atoms with Crippen LogP contribution in [0.4, 0.5) is 18.0 Å². The van der Waals surface area contributed by atoms with Gasteiger partial charge in [0.1, 0.15) is 0 Å². The first-order valence-electron chi connectivity index (χ1n) is 5.48. The minimum atomic E-state index is -4.38. The van der Waals surface area contributed by atoms with Crippen molar-refractivity contribution < 1.29 is 18.0 Å². The third-order valence-corrected chi connectivity index (χ3v) is 3.35. The lowest BCUT2D eigenvalue weighted by Crippen LogP contribution is -2.17. The number of rotatable bonds is 1. The Morgan fingerprint density at radius 1 is 1.30 bits per heavy atom. The lowest BCUT2D eigenvalue weighted by molar-refractivity contribution is -0.137. The molecule has 2 N–H and O–H groups in total. The molecule has 1 aromatic heterocycles. The number of nitrogens with two attached hydrogens (primary N) is 1. The summed E-state index contributed by atoms with van der Waals surface area (Å²) < 4.78 is 39.0. The quantitative estimate of drug-likeness (QED) is 0.865. The summed E-state index contributed by atoms with van der Waals surface area (Å²) in [6.07, 6.45) is -2.71. The lowest BCUT2D eigenvalue weighted by Gasteiger charge is -2.08. The van der Waals surface area contributed by atoms with Gasteiger partial charge in [-0.15, -0.1) is 11.3 Å². The van der Waals surface area contributed by atoms with Crippen molar-refractivity contribution in [2.24, 2.45) is 10.7 Å². The molecule has 0 unspecified atom stereocenters. The summed E-state index contributed by atoms with van der Waals surface area (Å²) in [5.41, 5.74) is 4.74. The normalized spacial score (nSPS) is 12.7. The molecule has 2 amide bonds. The first-order valence-corrected chi connectivity index (χ1v) is 6.30. The van der Waals surface area contributed by atoms with Crippen molar-refractivity contribution in [2.45, 2.75) is 13.1 Å². The van der Waals surface area contributed by atoms with E-state index in [-0.39, 0.29) is 0 Å². The summed E-state index contributed by atoms with van der Waals surface area (Å²) in [4.78, 5) is 15.6. The van der Waals surface area contributed by atoms with E-state index in [0.29, 0.717) is 10.5 Å². The molecule has 2 aromatic rings. The van der Waals surface area contributed by atoms with Crippen molar-refractivity contribution in [3.63, 3.8) is 0 Å². The molecule has 8 heteroatoms. The molecule has 1 aromatic carbocycles. The van der Waals surface area contributed by atoms with Crippen LogP contribution < -0.4 is 10.5 Å². The Balaban J connectivity index is 2.50. The van der Waals surface area contributed by atoms with Gasteiger partial charge in [0.2, 0.25) is 0 Å². The fourth-order valence-corrected chi connectivity index (χ4v) is 2.46. The number of halogens is 3. The van der Waals surface area contributed by atoms with Crippen LogP contribution in [0.25, 0.3) is 5.69 Å². The minimum absolute atomic E-state index is 0.315. The molecule has 0 bridgehead atoms. The van der Waals surface area contributed by atoms with Crippen molar-refractivity contribution in [3.8, 4) is 5.69 Å². The van der Waals surface area contributed by atoms with Crippen LogP contribution in [-0.2, 0) is 6.18 Å². The molecule has 0 saturated carbocycles. The highest BCUT2D eigenvalue weighted by Gasteiger charge is 2.30. The molecule has 0 spiro atoms. The Morgan fingerprint density at radius 3 is 2.40 bits per heavy atom. The van der Waals surface area contributed by atoms with Gasteiger partial charge in [-0.05, 0) is 31.2 Å². The van der Waals surface area contributed by atoms with Crippen LogP contribution in [0.15, 0.2) is 35.5 Å². The number of thiazole rings is 1. The third kappa shape index (κ3) is 3.08. The molecular weight excluding hydrogens is 291 g/mol. The predicted molar refractivity (Wildman–Crippen MR) is 68.5 cm³/mol. The van der Waals surface area contributed by atoms with Gasteiger partial charge in [0.05, 0.1) is 5.56 Å². The molecule has 1 heterocycles. The average Bonchev–Trinajstić information content (AvgIpc) is 2.68. The van der Waals surface area contributed by atoms with Crippen molar-refractivity contribution >= 4 is 17.4 Å². The number of amides is 2. The number of hydrogen-bond donors (Lipinski definition) is 1. The van der Waals surface area contributed by atoms with Crippen LogP contribution in [0.2, 0.25) is 0 Å². The summed E-state index contributed by atoms with van der Waals surface area (Å²) in [6, 6.07) is 3.73. The number of urea groups is 1. The van der Waals surface area contributed by atoms with Crippen LogP contribution in [0.5, 0.6) is 0 Å². The SMILES string of the molecule is Cc1cn(-c2ccc(C(F)(F)F)cc2)c(=NC(N)=O)s1. The Kier molecular flexibility index (Phi) is 3.67. The van der Waals surface area contributed by atoms with Crippen LogP contribution in [0.3, 0.4) is 0 Å². The molecule has 0 saturated heterocycles. The van der Waals surface area contributed by atoms with Gasteiger partial charge in [-0.25, -0.2) is 4.79 Å². The summed E-state index contributed by atoms with van der Waals surface area (Å²) >= 11 is 1.22. The van der Waals surface area contributed by atoms with Crippen molar-refractivity contribution in [1.29, 1.82) is 0 Å². The number of primary amides is 1. The van der Waals surface area contributed by atoms with E-state index in [1.54, 1.807) is 13.1 Å². The number of carbonyl (C=O) groups is 1. The van der Waals surface area contributed by atoms with Crippen molar-refractivity contribution in [3.05, 3.63) is 45.7 Å². The summed E-state index contributed by atoms with van der Waals surface area (Å²) in [5.74, 6) is 0. The second-order valence-corrected chi connectivity index (χ2v) is 5.20. The highest BCUT2D eigenvalue weighted by molar-refractivity contribution is 7.09. The average molecular weight is 301 g/mol.